The number of carboxylic acid groups (broad SMARTS) is 1. The summed E-state index contributed by atoms with van der Waals surface area (Å²) in [6, 6.07) is 29.0. The van der Waals surface area contributed by atoms with Crippen molar-refractivity contribution in [3.8, 4) is 22.7 Å². The maximum absolute atomic E-state index is 11.9. The van der Waals surface area contributed by atoms with Gasteiger partial charge in [0.1, 0.15) is 12.4 Å². The van der Waals surface area contributed by atoms with Gasteiger partial charge in [-0.3, -0.25) is 0 Å². The third-order valence-corrected chi connectivity index (χ3v) is 4.81. The molecule has 0 unspecified atom stereocenters. The van der Waals surface area contributed by atoms with Gasteiger partial charge in [-0.1, -0.05) is 72.8 Å². The molecule has 0 aliphatic carbocycles. The van der Waals surface area contributed by atoms with Gasteiger partial charge in [0.05, 0.1) is 16.9 Å². The van der Waals surface area contributed by atoms with Gasteiger partial charge in [-0.2, -0.15) is 0 Å². The summed E-state index contributed by atoms with van der Waals surface area (Å²) in [6.07, 6.45) is 0. The standard InChI is InChI=1S/C25H21NO3/c1-18-16-21(25(27)28)24(20-12-6-3-7-13-20)26(18)22-14-8-9-15-23(22)29-17-19-10-4-2-5-11-19/h2-16H,17H2,1H3,(H,27,28). The molecule has 3 aromatic carbocycles. The van der Waals surface area contributed by atoms with Crippen LogP contribution < -0.4 is 4.74 Å². The highest BCUT2D eigenvalue weighted by molar-refractivity contribution is 5.96. The molecule has 4 nitrogen and oxygen atoms in total. The molecular formula is C25H21NO3. The van der Waals surface area contributed by atoms with E-state index in [0.717, 1.165) is 22.5 Å². The van der Waals surface area contributed by atoms with Crippen LogP contribution in [0.4, 0.5) is 0 Å². The van der Waals surface area contributed by atoms with Gasteiger partial charge in [-0.05, 0) is 36.2 Å². The number of hydrogen-bond acceptors (Lipinski definition) is 2. The van der Waals surface area contributed by atoms with Gasteiger partial charge in [0.2, 0.25) is 0 Å². The van der Waals surface area contributed by atoms with Crippen LogP contribution in [0, 0.1) is 6.92 Å². The average molecular weight is 383 g/mol. The monoisotopic (exact) mass is 383 g/mol. The largest absolute Gasteiger partial charge is 0.487 e. The molecule has 4 rings (SSSR count). The molecule has 0 bridgehead atoms. The van der Waals surface area contributed by atoms with Crippen LogP contribution in [0.25, 0.3) is 16.9 Å². The van der Waals surface area contributed by atoms with Crippen molar-refractivity contribution in [2.45, 2.75) is 13.5 Å². The Morgan fingerprint density at radius 3 is 2.21 bits per heavy atom. The number of carbonyl (C=O) groups is 1. The highest BCUT2D eigenvalue weighted by atomic mass is 16.5. The smallest absolute Gasteiger partial charge is 0.337 e. The molecule has 144 valence electrons. The van der Waals surface area contributed by atoms with Gasteiger partial charge in [-0.15, -0.1) is 0 Å². The summed E-state index contributed by atoms with van der Waals surface area (Å²) >= 11 is 0. The van der Waals surface area contributed by atoms with E-state index in [-0.39, 0.29) is 5.56 Å². The number of nitrogens with zero attached hydrogens (tertiary/aromatic N) is 1. The number of aromatic nitrogens is 1. The minimum absolute atomic E-state index is 0.270. The summed E-state index contributed by atoms with van der Waals surface area (Å²) in [4.78, 5) is 11.9. The molecule has 29 heavy (non-hydrogen) atoms. The summed E-state index contributed by atoms with van der Waals surface area (Å²) in [5, 5.41) is 9.79. The number of hydrogen-bond donors (Lipinski definition) is 1. The molecule has 0 spiro atoms. The fraction of sp³-hybridized carbons (Fsp3) is 0.0800. The molecule has 0 saturated heterocycles. The lowest BCUT2D eigenvalue weighted by Crippen LogP contribution is -2.05. The molecule has 1 aromatic heterocycles. The molecule has 1 heterocycles. The molecule has 1 N–H and O–H groups in total. The summed E-state index contributed by atoms with van der Waals surface area (Å²) in [5.41, 5.74) is 4.47. The van der Waals surface area contributed by atoms with Crippen molar-refractivity contribution in [3.05, 3.63) is 108 Å². The maximum atomic E-state index is 11.9. The van der Waals surface area contributed by atoms with E-state index in [9.17, 15) is 9.90 Å². The van der Waals surface area contributed by atoms with Gasteiger partial charge in [0.25, 0.3) is 0 Å². The zero-order valence-corrected chi connectivity index (χ0v) is 16.1. The SMILES string of the molecule is Cc1cc(C(=O)O)c(-c2ccccc2)n1-c1ccccc1OCc1ccccc1. The quantitative estimate of drug-likeness (QED) is 0.463. The molecule has 0 amide bonds. The first-order valence-electron chi connectivity index (χ1n) is 9.42. The Labute approximate surface area is 169 Å². The maximum Gasteiger partial charge on any atom is 0.337 e. The van der Waals surface area contributed by atoms with Crippen molar-refractivity contribution >= 4 is 5.97 Å². The van der Waals surface area contributed by atoms with Crippen molar-refractivity contribution in [1.29, 1.82) is 0 Å². The second-order valence-electron chi connectivity index (χ2n) is 6.80. The van der Waals surface area contributed by atoms with E-state index in [4.69, 9.17) is 4.74 Å². The van der Waals surface area contributed by atoms with Crippen LogP contribution in [0.5, 0.6) is 5.75 Å². The molecule has 0 radical (unpaired) electrons. The fourth-order valence-electron chi connectivity index (χ4n) is 3.49. The van der Waals surface area contributed by atoms with Crippen LogP contribution in [0.3, 0.4) is 0 Å². The van der Waals surface area contributed by atoms with E-state index < -0.39 is 5.97 Å². The van der Waals surface area contributed by atoms with Crippen molar-refractivity contribution < 1.29 is 14.6 Å². The number of para-hydroxylation sites is 2. The Kier molecular flexibility index (Phi) is 5.16. The number of carboxylic acids is 1. The van der Waals surface area contributed by atoms with E-state index in [1.165, 1.54) is 0 Å². The summed E-state index contributed by atoms with van der Waals surface area (Å²) in [7, 11) is 0. The Morgan fingerprint density at radius 1 is 0.897 bits per heavy atom. The van der Waals surface area contributed by atoms with Crippen LogP contribution in [-0.2, 0) is 6.61 Å². The highest BCUT2D eigenvalue weighted by Gasteiger charge is 2.22. The van der Waals surface area contributed by atoms with E-state index in [1.54, 1.807) is 6.07 Å². The molecule has 0 aliphatic heterocycles. The third kappa shape index (κ3) is 3.78. The first-order chi connectivity index (χ1) is 14.1. The Morgan fingerprint density at radius 2 is 1.52 bits per heavy atom. The molecule has 4 heteroatoms. The van der Waals surface area contributed by atoms with Crippen molar-refractivity contribution in [1.82, 2.24) is 4.57 Å². The highest BCUT2D eigenvalue weighted by Crippen LogP contribution is 2.34. The molecule has 0 atom stereocenters. The summed E-state index contributed by atoms with van der Waals surface area (Å²) in [6.45, 7) is 2.34. The summed E-state index contributed by atoms with van der Waals surface area (Å²) in [5.74, 6) is -0.252. The van der Waals surface area contributed by atoms with Gasteiger partial charge in [0, 0.05) is 5.69 Å². The third-order valence-electron chi connectivity index (χ3n) is 4.81. The fourth-order valence-corrected chi connectivity index (χ4v) is 3.49. The number of aryl methyl sites for hydroxylation is 1. The molecular weight excluding hydrogens is 362 g/mol. The Hall–Kier alpha value is -3.79. The minimum Gasteiger partial charge on any atom is -0.487 e. The minimum atomic E-state index is -0.951. The lowest BCUT2D eigenvalue weighted by Gasteiger charge is -2.17. The average Bonchev–Trinajstić information content (AvgIpc) is 3.11. The molecule has 0 fully saturated rings. The van der Waals surface area contributed by atoms with Crippen molar-refractivity contribution in [2.24, 2.45) is 0 Å². The Balaban J connectivity index is 1.83. The zero-order valence-electron chi connectivity index (χ0n) is 16.1. The van der Waals surface area contributed by atoms with E-state index in [1.807, 2.05) is 96.4 Å². The number of rotatable bonds is 6. The van der Waals surface area contributed by atoms with Crippen LogP contribution in [-0.4, -0.2) is 15.6 Å². The van der Waals surface area contributed by atoms with Crippen LogP contribution in [0.15, 0.2) is 91.0 Å². The van der Waals surface area contributed by atoms with Crippen LogP contribution in [0.2, 0.25) is 0 Å². The number of benzene rings is 3. The second-order valence-corrected chi connectivity index (χ2v) is 6.80. The zero-order chi connectivity index (χ0) is 20.2. The topological polar surface area (TPSA) is 51.5 Å². The second kappa shape index (κ2) is 8.07. The van der Waals surface area contributed by atoms with Gasteiger partial charge in [0.15, 0.2) is 0 Å². The normalized spacial score (nSPS) is 10.7. The molecule has 0 aliphatic rings. The van der Waals surface area contributed by atoms with E-state index >= 15 is 0 Å². The number of ether oxygens (including phenoxy) is 1. The number of aromatic carboxylic acids is 1. The lowest BCUT2D eigenvalue weighted by molar-refractivity contribution is 0.0698. The van der Waals surface area contributed by atoms with Crippen LogP contribution >= 0.6 is 0 Å². The van der Waals surface area contributed by atoms with Crippen LogP contribution in [0.1, 0.15) is 21.6 Å². The van der Waals surface area contributed by atoms with Gasteiger partial charge in [-0.25, -0.2) is 4.79 Å². The molecule has 0 saturated carbocycles. The van der Waals surface area contributed by atoms with Crippen molar-refractivity contribution in [2.75, 3.05) is 0 Å². The van der Waals surface area contributed by atoms with E-state index in [2.05, 4.69) is 0 Å². The lowest BCUT2D eigenvalue weighted by atomic mass is 10.1. The predicted octanol–water partition coefficient (Wildman–Crippen LogP) is 5.73. The first-order valence-corrected chi connectivity index (χ1v) is 9.42. The van der Waals surface area contributed by atoms with E-state index in [0.29, 0.717) is 18.1 Å². The van der Waals surface area contributed by atoms with Gasteiger partial charge < -0.3 is 14.4 Å². The van der Waals surface area contributed by atoms with Crippen molar-refractivity contribution in [3.63, 3.8) is 0 Å². The first kappa shape index (κ1) is 18.6. The summed E-state index contributed by atoms with van der Waals surface area (Å²) < 4.78 is 8.08. The Bertz CT molecular complexity index is 1130. The predicted molar refractivity (Wildman–Crippen MR) is 114 cm³/mol. The molecule has 4 aromatic rings. The van der Waals surface area contributed by atoms with Gasteiger partial charge >= 0.3 is 5.97 Å².